The SMILES string of the molecule is O=C(NC1CCOc2ccccc21)C(O)CNC1CCCC1. The molecule has 1 fully saturated rings. The number of nitrogens with one attached hydrogen (secondary N) is 2. The highest BCUT2D eigenvalue weighted by Gasteiger charge is 2.26. The molecule has 5 nitrogen and oxygen atoms in total. The zero-order valence-electron chi connectivity index (χ0n) is 12.8. The largest absolute Gasteiger partial charge is 0.493 e. The number of carbonyl (C=O) groups excluding carboxylic acids is 1. The molecule has 1 heterocycles. The first-order valence-corrected chi connectivity index (χ1v) is 8.17. The molecule has 0 spiro atoms. The number of carbonyl (C=O) groups is 1. The van der Waals surface area contributed by atoms with Gasteiger partial charge in [-0.1, -0.05) is 31.0 Å². The quantitative estimate of drug-likeness (QED) is 0.771. The van der Waals surface area contributed by atoms with Gasteiger partial charge in [-0.05, 0) is 18.9 Å². The summed E-state index contributed by atoms with van der Waals surface area (Å²) < 4.78 is 5.58. The second-order valence-electron chi connectivity index (χ2n) is 6.14. The average molecular weight is 304 g/mol. The summed E-state index contributed by atoms with van der Waals surface area (Å²) >= 11 is 0. The molecule has 0 aromatic heterocycles. The van der Waals surface area contributed by atoms with E-state index < -0.39 is 6.10 Å². The van der Waals surface area contributed by atoms with E-state index in [1.165, 1.54) is 12.8 Å². The number of ether oxygens (including phenoxy) is 1. The lowest BCUT2D eigenvalue weighted by molar-refractivity contribution is -0.130. The lowest BCUT2D eigenvalue weighted by Crippen LogP contribution is -2.45. The molecule has 1 aromatic carbocycles. The molecule has 0 bridgehead atoms. The van der Waals surface area contributed by atoms with Crippen molar-refractivity contribution in [3.05, 3.63) is 29.8 Å². The molecule has 0 radical (unpaired) electrons. The molecular weight excluding hydrogens is 280 g/mol. The zero-order chi connectivity index (χ0) is 15.4. The van der Waals surface area contributed by atoms with E-state index in [0.717, 1.165) is 30.6 Å². The second kappa shape index (κ2) is 7.11. The van der Waals surface area contributed by atoms with Gasteiger partial charge in [-0.15, -0.1) is 0 Å². The number of hydrogen-bond donors (Lipinski definition) is 3. The number of para-hydroxylation sites is 1. The molecule has 2 unspecified atom stereocenters. The van der Waals surface area contributed by atoms with E-state index in [2.05, 4.69) is 10.6 Å². The fraction of sp³-hybridized carbons (Fsp3) is 0.588. The van der Waals surface area contributed by atoms with Crippen molar-refractivity contribution in [3.8, 4) is 5.75 Å². The Kier molecular flexibility index (Phi) is 4.95. The fourth-order valence-electron chi connectivity index (χ4n) is 3.26. The van der Waals surface area contributed by atoms with Gasteiger partial charge in [0.25, 0.3) is 5.91 Å². The molecule has 2 atom stereocenters. The highest BCUT2D eigenvalue weighted by atomic mass is 16.5. The molecule has 1 aromatic rings. The smallest absolute Gasteiger partial charge is 0.250 e. The van der Waals surface area contributed by atoms with Gasteiger partial charge < -0.3 is 20.5 Å². The maximum atomic E-state index is 12.2. The average Bonchev–Trinajstić information content (AvgIpc) is 3.06. The maximum absolute atomic E-state index is 12.2. The number of benzene rings is 1. The lowest BCUT2D eigenvalue weighted by Gasteiger charge is -2.27. The topological polar surface area (TPSA) is 70.6 Å². The predicted octanol–water partition coefficient (Wildman–Crippen LogP) is 1.52. The number of aliphatic hydroxyl groups is 1. The third-order valence-electron chi connectivity index (χ3n) is 4.53. The van der Waals surface area contributed by atoms with E-state index in [1.54, 1.807) is 0 Å². The van der Waals surface area contributed by atoms with Crippen molar-refractivity contribution in [2.75, 3.05) is 13.2 Å². The molecule has 120 valence electrons. The van der Waals surface area contributed by atoms with Crippen LogP contribution in [0.4, 0.5) is 0 Å². The Labute approximate surface area is 131 Å². The van der Waals surface area contributed by atoms with Gasteiger partial charge in [0.15, 0.2) is 0 Å². The molecule has 1 aliphatic carbocycles. The van der Waals surface area contributed by atoms with E-state index in [1.807, 2.05) is 24.3 Å². The monoisotopic (exact) mass is 304 g/mol. The first-order chi connectivity index (χ1) is 10.7. The van der Waals surface area contributed by atoms with Crippen molar-refractivity contribution in [1.82, 2.24) is 10.6 Å². The van der Waals surface area contributed by atoms with Gasteiger partial charge in [-0.2, -0.15) is 0 Å². The van der Waals surface area contributed by atoms with E-state index in [9.17, 15) is 9.90 Å². The molecule has 1 aliphatic heterocycles. The molecule has 5 heteroatoms. The standard InChI is InChI=1S/C17H24N2O3/c20-15(11-18-12-5-1-2-6-12)17(21)19-14-9-10-22-16-8-4-3-7-13(14)16/h3-4,7-8,12,14-15,18,20H,1-2,5-6,9-11H2,(H,19,21). The predicted molar refractivity (Wildman–Crippen MR) is 83.7 cm³/mol. The van der Waals surface area contributed by atoms with Crippen molar-refractivity contribution < 1.29 is 14.6 Å². The Bertz CT molecular complexity index is 514. The minimum atomic E-state index is -1.00. The number of amides is 1. The van der Waals surface area contributed by atoms with Crippen LogP contribution in [0.15, 0.2) is 24.3 Å². The summed E-state index contributed by atoms with van der Waals surface area (Å²) in [5.41, 5.74) is 0.984. The zero-order valence-corrected chi connectivity index (χ0v) is 12.8. The first-order valence-electron chi connectivity index (χ1n) is 8.17. The van der Waals surface area contributed by atoms with Crippen molar-refractivity contribution >= 4 is 5.91 Å². The van der Waals surface area contributed by atoms with Crippen LogP contribution in [-0.2, 0) is 4.79 Å². The Morgan fingerprint density at radius 3 is 2.86 bits per heavy atom. The van der Waals surface area contributed by atoms with Gasteiger partial charge in [0, 0.05) is 24.6 Å². The highest BCUT2D eigenvalue weighted by Crippen LogP contribution is 2.31. The van der Waals surface area contributed by atoms with Gasteiger partial charge in [0.2, 0.25) is 0 Å². The summed E-state index contributed by atoms with van der Waals surface area (Å²) in [4.78, 5) is 12.2. The molecular formula is C17H24N2O3. The number of fused-ring (bicyclic) bond motifs is 1. The van der Waals surface area contributed by atoms with Crippen LogP contribution in [0.5, 0.6) is 5.75 Å². The van der Waals surface area contributed by atoms with Gasteiger partial charge in [-0.25, -0.2) is 0 Å². The molecule has 0 saturated heterocycles. The normalized spacial score (nSPS) is 22.7. The third kappa shape index (κ3) is 3.59. The van der Waals surface area contributed by atoms with Crippen molar-refractivity contribution in [1.29, 1.82) is 0 Å². The summed E-state index contributed by atoms with van der Waals surface area (Å²) in [5.74, 6) is 0.504. The van der Waals surface area contributed by atoms with E-state index in [0.29, 0.717) is 19.2 Å². The van der Waals surface area contributed by atoms with Gasteiger partial charge in [-0.3, -0.25) is 4.79 Å². The Hall–Kier alpha value is -1.59. The maximum Gasteiger partial charge on any atom is 0.250 e. The van der Waals surface area contributed by atoms with Gasteiger partial charge >= 0.3 is 0 Å². The molecule has 22 heavy (non-hydrogen) atoms. The van der Waals surface area contributed by atoms with Gasteiger partial charge in [0.05, 0.1) is 12.6 Å². The first kappa shape index (κ1) is 15.3. The Balaban J connectivity index is 1.53. The van der Waals surface area contributed by atoms with Crippen LogP contribution >= 0.6 is 0 Å². The minimum Gasteiger partial charge on any atom is -0.493 e. The summed E-state index contributed by atoms with van der Waals surface area (Å²) in [5, 5.41) is 16.3. The van der Waals surface area contributed by atoms with Crippen LogP contribution in [0.3, 0.4) is 0 Å². The molecule has 1 amide bonds. The van der Waals surface area contributed by atoms with Crippen LogP contribution in [-0.4, -0.2) is 36.3 Å². The van der Waals surface area contributed by atoms with Gasteiger partial charge in [0.1, 0.15) is 11.9 Å². The molecule has 2 aliphatic rings. The summed E-state index contributed by atoms with van der Waals surface area (Å²) in [6, 6.07) is 8.09. The fourth-order valence-corrected chi connectivity index (χ4v) is 3.26. The molecule has 3 rings (SSSR count). The molecule has 1 saturated carbocycles. The molecule has 3 N–H and O–H groups in total. The second-order valence-corrected chi connectivity index (χ2v) is 6.14. The Morgan fingerprint density at radius 1 is 1.27 bits per heavy atom. The van der Waals surface area contributed by atoms with E-state index in [4.69, 9.17) is 4.74 Å². The Morgan fingerprint density at radius 2 is 2.05 bits per heavy atom. The van der Waals surface area contributed by atoms with Crippen molar-refractivity contribution in [3.63, 3.8) is 0 Å². The summed E-state index contributed by atoms with van der Waals surface area (Å²) in [6.45, 7) is 0.903. The minimum absolute atomic E-state index is 0.0846. The van der Waals surface area contributed by atoms with Crippen LogP contribution in [0.1, 0.15) is 43.7 Å². The number of rotatable bonds is 5. The third-order valence-corrected chi connectivity index (χ3v) is 4.53. The summed E-state index contributed by atoms with van der Waals surface area (Å²) in [7, 11) is 0. The highest BCUT2D eigenvalue weighted by molar-refractivity contribution is 5.81. The van der Waals surface area contributed by atoms with Crippen LogP contribution in [0.25, 0.3) is 0 Å². The van der Waals surface area contributed by atoms with Crippen molar-refractivity contribution in [2.24, 2.45) is 0 Å². The van der Waals surface area contributed by atoms with Crippen molar-refractivity contribution in [2.45, 2.75) is 50.3 Å². The lowest BCUT2D eigenvalue weighted by atomic mass is 10.0. The number of hydrogen-bond acceptors (Lipinski definition) is 4. The van der Waals surface area contributed by atoms with Crippen LogP contribution < -0.4 is 15.4 Å². The van der Waals surface area contributed by atoms with E-state index in [-0.39, 0.29) is 11.9 Å². The summed E-state index contributed by atoms with van der Waals surface area (Å²) in [6.07, 6.45) is 4.47. The number of aliphatic hydroxyl groups excluding tert-OH is 1. The van der Waals surface area contributed by atoms with Crippen LogP contribution in [0, 0.1) is 0 Å². The van der Waals surface area contributed by atoms with Crippen LogP contribution in [0.2, 0.25) is 0 Å². The van der Waals surface area contributed by atoms with E-state index >= 15 is 0 Å².